The summed E-state index contributed by atoms with van der Waals surface area (Å²) in [5.41, 5.74) is 0.319. The predicted octanol–water partition coefficient (Wildman–Crippen LogP) is 3.30. The molecule has 150 valence electrons. The number of nitrogens with one attached hydrogen (secondary N) is 1. The molecule has 3 aromatic rings. The number of carbonyl (C=O) groups is 1. The Kier molecular flexibility index (Phi) is 5.68. The van der Waals surface area contributed by atoms with Gasteiger partial charge in [0, 0.05) is 17.7 Å². The van der Waals surface area contributed by atoms with E-state index in [2.05, 4.69) is 10.4 Å². The highest BCUT2D eigenvalue weighted by atomic mass is 16.5. The van der Waals surface area contributed by atoms with Crippen LogP contribution in [0.5, 0.6) is 11.5 Å². The van der Waals surface area contributed by atoms with Crippen LogP contribution in [0.2, 0.25) is 0 Å². The van der Waals surface area contributed by atoms with Gasteiger partial charge in [-0.2, -0.15) is 5.10 Å². The van der Waals surface area contributed by atoms with Gasteiger partial charge >= 0.3 is 0 Å². The number of nitrogens with zero attached hydrogens (tertiary/aromatic N) is 2. The number of rotatable bonds is 6. The summed E-state index contributed by atoms with van der Waals surface area (Å²) >= 11 is 0. The molecule has 0 atom stereocenters. The topological polar surface area (TPSA) is 82.5 Å². The van der Waals surface area contributed by atoms with E-state index in [4.69, 9.17) is 9.47 Å². The van der Waals surface area contributed by atoms with Gasteiger partial charge in [0.1, 0.15) is 17.0 Å². The van der Waals surface area contributed by atoms with E-state index in [1.165, 1.54) is 17.9 Å². The first-order valence-electron chi connectivity index (χ1n) is 9.06. The summed E-state index contributed by atoms with van der Waals surface area (Å²) in [4.78, 5) is 25.6. The second-order valence-electron chi connectivity index (χ2n) is 6.91. The molecule has 1 heterocycles. The fourth-order valence-corrected chi connectivity index (χ4v) is 2.85. The lowest BCUT2D eigenvalue weighted by Crippen LogP contribution is -2.47. The number of amides is 1. The van der Waals surface area contributed by atoms with Gasteiger partial charge in [-0.3, -0.25) is 9.59 Å². The van der Waals surface area contributed by atoms with Crippen LogP contribution in [0.1, 0.15) is 13.8 Å². The van der Waals surface area contributed by atoms with Crippen molar-refractivity contribution in [3.63, 3.8) is 0 Å². The van der Waals surface area contributed by atoms with Gasteiger partial charge in [-0.1, -0.05) is 30.3 Å². The maximum absolute atomic E-state index is 13.1. The van der Waals surface area contributed by atoms with Gasteiger partial charge in [-0.25, -0.2) is 4.68 Å². The molecule has 0 unspecified atom stereocenters. The van der Waals surface area contributed by atoms with Crippen LogP contribution in [-0.2, 0) is 10.3 Å². The van der Waals surface area contributed by atoms with E-state index in [9.17, 15) is 9.59 Å². The second kappa shape index (κ2) is 8.18. The minimum absolute atomic E-state index is 0.369. The van der Waals surface area contributed by atoms with Gasteiger partial charge in [-0.05, 0) is 32.0 Å². The molecule has 0 saturated carbocycles. The van der Waals surface area contributed by atoms with Crippen LogP contribution in [0.3, 0.4) is 0 Å². The Labute approximate surface area is 168 Å². The van der Waals surface area contributed by atoms with Crippen LogP contribution >= 0.6 is 0 Å². The van der Waals surface area contributed by atoms with Crippen molar-refractivity contribution >= 4 is 11.6 Å². The second-order valence-corrected chi connectivity index (χ2v) is 6.91. The van der Waals surface area contributed by atoms with Crippen LogP contribution in [0, 0.1) is 0 Å². The standard InChI is InChI=1S/C22H23N3O4/c1-22(2,21(27)23-18-11-10-16(28-3)14-19(18)29-4)25-20(26)13-12-17(24-25)15-8-6-5-7-9-15/h5-14H,1-4H3,(H,23,27). The number of anilines is 1. The summed E-state index contributed by atoms with van der Waals surface area (Å²) in [6.07, 6.45) is 0. The lowest BCUT2D eigenvalue weighted by Gasteiger charge is -2.26. The molecule has 1 amide bonds. The maximum Gasteiger partial charge on any atom is 0.267 e. The van der Waals surface area contributed by atoms with Crippen LogP contribution in [0.15, 0.2) is 65.5 Å². The summed E-state index contributed by atoms with van der Waals surface area (Å²) in [6, 6.07) is 17.6. The SMILES string of the molecule is COc1ccc(NC(=O)C(C)(C)n2nc(-c3ccccc3)ccc2=O)c(OC)c1. The van der Waals surface area contributed by atoms with Gasteiger partial charge in [0.2, 0.25) is 0 Å². The first-order chi connectivity index (χ1) is 13.9. The summed E-state index contributed by atoms with van der Waals surface area (Å²) in [7, 11) is 3.05. The molecular weight excluding hydrogens is 370 g/mol. The summed E-state index contributed by atoms with van der Waals surface area (Å²) in [5, 5.41) is 7.26. The first-order valence-corrected chi connectivity index (χ1v) is 9.06. The van der Waals surface area contributed by atoms with Crippen LogP contribution in [0.4, 0.5) is 5.69 Å². The Morgan fingerprint density at radius 1 is 1.00 bits per heavy atom. The van der Waals surface area contributed by atoms with Gasteiger partial charge in [0.15, 0.2) is 0 Å². The summed E-state index contributed by atoms with van der Waals surface area (Å²) < 4.78 is 11.7. The lowest BCUT2D eigenvalue weighted by atomic mass is 10.0. The molecule has 3 rings (SSSR count). The molecular formula is C22H23N3O4. The Bertz CT molecular complexity index is 1070. The third-order valence-corrected chi connectivity index (χ3v) is 4.61. The van der Waals surface area contributed by atoms with Gasteiger partial charge in [0.05, 0.1) is 25.6 Å². The number of methoxy groups -OCH3 is 2. The molecule has 0 aliphatic heterocycles. The smallest absolute Gasteiger partial charge is 0.267 e. The lowest BCUT2D eigenvalue weighted by molar-refractivity contribution is -0.123. The van der Waals surface area contributed by atoms with Crippen molar-refractivity contribution in [2.45, 2.75) is 19.4 Å². The van der Waals surface area contributed by atoms with Crippen LogP contribution in [0.25, 0.3) is 11.3 Å². The number of carbonyl (C=O) groups excluding carboxylic acids is 1. The molecule has 0 radical (unpaired) electrons. The molecule has 0 fully saturated rings. The van der Waals surface area contributed by atoms with Crippen molar-refractivity contribution in [1.29, 1.82) is 0 Å². The third-order valence-electron chi connectivity index (χ3n) is 4.61. The molecule has 7 heteroatoms. The van der Waals surface area contributed by atoms with E-state index >= 15 is 0 Å². The van der Waals surface area contributed by atoms with Crippen LogP contribution in [-0.4, -0.2) is 29.9 Å². The zero-order valence-electron chi connectivity index (χ0n) is 16.8. The number of hydrogen-bond acceptors (Lipinski definition) is 5. The maximum atomic E-state index is 13.1. The molecule has 1 N–H and O–H groups in total. The molecule has 0 aliphatic rings. The first kappa shape index (κ1) is 20.1. The number of ether oxygens (including phenoxy) is 2. The fourth-order valence-electron chi connectivity index (χ4n) is 2.85. The molecule has 7 nitrogen and oxygen atoms in total. The molecule has 29 heavy (non-hydrogen) atoms. The summed E-state index contributed by atoms with van der Waals surface area (Å²) in [6.45, 7) is 3.28. The minimum atomic E-state index is -1.24. The highest BCUT2D eigenvalue weighted by Crippen LogP contribution is 2.30. The van der Waals surface area contributed by atoms with Gasteiger partial charge in [0.25, 0.3) is 11.5 Å². The monoisotopic (exact) mass is 393 g/mol. The third kappa shape index (κ3) is 4.13. The Morgan fingerprint density at radius 3 is 2.38 bits per heavy atom. The largest absolute Gasteiger partial charge is 0.497 e. The van der Waals surface area contributed by atoms with Gasteiger partial charge < -0.3 is 14.8 Å². The quantitative estimate of drug-likeness (QED) is 0.695. The fraction of sp³-hybridized carbons (Fsp3) is 0.227. The van der Waals surface area contributed by atoms with E-state index in [0.717, 1.165) is 5.56 Å². The van der Waals surface area contributed by atoms with E-state index in [1.54, 1.807) is 45.2 Å². The predicted molar refractivity (Wildman–Crippen MR) is 111 cm³/mol. The molecule has 0 saturated heterocycles. The van der Waals surface area contributed by atoms with E-state index in [1.807, 2.05) is 30.3 Å². The minimum Gasteiger partial charge on any atom is -0.497 e. The van der Waals surface area contributed by atoms with Crippen molar-refractivity contribution in [3.8, 4) is 22.8 Å². The molecule has 0 aliphatic carbocycles. The highest BCUT2D eigenvalue weighted by molar-refractivity contribution is 5.97. The molecule has 0 bridgehead atoms. The molecule has 0 spiro atoms. The van der Waals surface area contributed by atoms with E-state index in [-0.39, 0.29) is 5.56 Å². The molecule has 2 aromatic carbocycles. The Balaban J connectivity index is 1.94. The zero-order chi connectivity index (χ0) is 21.0. The zero-order valence-corrected chi connectivity index (χ0v) is 16.8. The Morgan fingerprint density at radius 2 is 1.72 bits per heavy atom. The van der Waals surface area contributed by atoms with E-state index in [0.29, 0.717) is 22.9 Å². The van der Waals surface area contributed by atoms with Crippen molar-refractivity contribution in [2.24, 2.45) is 0 Å². The van der Waals surface area contributed by atoms with E-state index < -0.39 is 11.4 Å². The van der Waals surface area contributed by atoms with Crippen molar-refractivity contribution < 1.29 is 14.3 Å². The number of hydrogen-bond donors (Lipinski definition) is 1. The summed E-state index contributed by atoms with van der Waals surface area (Å²) in [5.74, 6) is 0.653. The highest BCUT2D eigenvalue weighted by Gasteiger charge is 2.33. The van der Waals surface area contributed by atoms with Gasteiger partial charge in [-0.15, -0.1) is 0 Å². The van der Waals surface area contributed by atoms with Crippen molar-refractivity contribution in [2.75, 3.05) is 19.5 Å². The normalized spacial score (nSPS) is 11.0. The molecule has 1 aromatic heterocycles. The Hall–Kier alpha value is -3.61. The number of aromatic nitrogens is 2. The number of benzene rings is 2. The average Bonchev–Trinajstić information content (AvgIpc) is 2.74. The average molecular weight is 393 g/mol. The van der Waals surface area contributed by atoms with Crippen molar-refractivity contribution in [3.05, 3.63) is 71.0 Å². The van der Waals surface area contributed by atoms with Crippen molar-refractivity contribution in [1.82, 2.24) is 9.78 Å². The van der Waals surface area contributed by atoms with Crippen LogP contribution < -0.4 is 20.3 Å².